The van der Waals surface area contributed by atoms with E-state index in [1.165, 1.54) is 26.4 Å². The number of fused-ring (bicyclic) bond motifs is 1. The van der Waals surface area contributed by atoms with Crippen molar-refractivity contribution in [2.45, 2.75) is 57.0 Å². The molecule has 2 aromatic heterocycles. The van der Waals surface area contributed by atoms with E-state index < -0.39 is 54.0 Å². The number of nitrogens with zero attached hydrogens (tertiary/aromatic N) is 1. The number of benzene rings is 1. The van der Waals surface area contributed by atoms with Gasteiger partial charge in [-0.25, -0.2) is 9.78 Å². The standard InChI is InChI=1S/C24H31N7O6/c1-12(29-23(35)20(25)13(2)32)21(33)30-18(7-14-9-27-17-6-4-3-5-16(14)17)22(34)31-19(24(36)37)8-15-10-26-11-28-15/h3-6,9-13,18-20,27,32H,7-8,25H2,1-2H3,(H,26,28)(H,29,35)(H,30,33)(H,31,34)(H,36,37). The van der Waals surface area contributed by atoms with Gasteiger partial charge in [0, 0.05) is 41.8 Å². The van der Waals surface area contributed by atoms with Crippen LogP contribution in [-0.4, -0.2) is 79.1 Å². The number of carbonyl (C=O) groups is 4. The number of aromatic amines is 2. The number of carboxylic acid groups (broad SMARTS) is 1. The fourth-order valence-corrected chi connectivity index (χ4v) is 3.71. The molecule has 9 N–H and O–H groups in total. The number of aliphatic hydroxyl groups excluding tert-OH is 1. The molecule has 0 aliphatic carbocycles. The average molecular weight is 514 g/mol. The topological polar surface area (TPSA) is 215 Å². The van der Waals surface area contributed by atoms with E-state index in [4.69, 9.17) is 5.73 Å². The van der Waals surface area contributed by atoms with E-state index in [-0.39, 0.29) is 12.8 Å². The number of H-pyrrole nitrogens is 2. The van der Waals surface area contributed by atoms with Gasteiger partial charge >= 0.3 is 5.97 Å². The number of hydrogen-bond acceptors (Lipinski definition) is 7. The highest BCUT2D eigenvalue weighted by Crippen LogP contribution is 2.19. The molecule has 37 heavy (non-hydrogen) atoms. The van der Waals surface area contributed by atoms with E-state index in [0.717, 1.165) is 16.5 Å². The highest BCUT2D eigenvalue weighted by atomic mass is 16.4. The van der Waals surface area contributed by atoms with Crippen molar-refractivity contribution < 1.29 is 29.4 Å². The zero-order valence-corrected chi connectivity index (χ0v) is 20.4. The molecule has 2 heterocycles. The molecule has 3 aromatic rings. The number of nitrogens with one attached hydrogen (secondary N) is 5. The number of aliphatic hydroxyl groups is 1. The molecule has 3 rings (SSSR count). The zero-order valence-electron chi connectivity index (χ0n) is 20.4. The van der Waals surface area contributed by atoms with Crippen molar-refractivity contribution in [3.63, 3.8) is 0 Å². The lowest BCUT2D eigenvalue weighted by Gasteiger charge is -2.24. The lowest BCUT2D eigenvalue weighted by atomic mass is 10.0. The predicted molar refractivity (Wildman–Crippen MR) is 133 cm³/mol. The first-order chi connectivity index (χ1) is 17.6. The molecule has 13 heteroatoms. The lowest BCUT2D eigenvalue weighted by molar-refractivity contribution is -0.142. The van der Waals surface area contributed by atoms with Crippen LogP contribution in [0.15, 0.2) is 43.0 Å². The number of amides is 3. The third kappa shape index (κ3) is 7.15. The van der Waals surface area contributed by atoms with Gasteiger partial charge in [-0.3, -0.25) is 14.4 Å². The fraction of sp³-hybridized carbons (Fsp3) is 0.375. The van der Waals surface area contributed by atoms with Gasteiger partial charge in [-0.2, -0.15) is 0 Å². The van der Waals surface area contributed by atoms with Crippen LogP contribution in [0.3, 0.4) is 0 Å². The van der Waals surface area contributed by atoms with Crippen LogP contribution in [0.5, 0.6) is 0 Å². The van der Waals surface area contributed by atoms with Gasteiger partial charge in [-0.1, -0.05) is 18.2 Å². The van der Waals surface area contributed by atoms with Crippen LogP contribution < -0.4 is 21.7 Å². The van der Waals surface area contributed by atoms with Gasteiger partial charge < -0.3 is 41.9 Å². The summed E-state index contributed by atoms with van der Waals surface area (Å²) >= 11 is 0. The number of aromatic nitrogens is 3. The molecule has 0 aliphatic heterocycles. The molecule has 0 bridgehead atoms. The summed E-state index contributed by atoms with van der Waals surface area (Å²) in [5, 5.41) is 27.5. The Labute approximate surface area is 212 Å². The summed E-state index contributed by atoms with van der Waals surface area (Å²) in [6.07, 6.45) is 3.44. The van der Waals surface area contributed by atoms with Crippen LogP contribution in [0, 0.1) is 0 Å². The number of nitrogens with two attached hydrogens (primary N) is 1. The number of hydrogen-bond donors (Lipinski definition) is 8. The van der Waals surface area contributed by atoms with Crippen LogP contribution >= 0.6 is 0 Å². The first-order valence-corrected chi connectivity index (χ1v) is 11.7. The van der Waals surface area contributed by atoms with Crippen LogP contribution in [0.25, 0.3) is 10.9 Å². The van der Waals surface area contributed by atoms with Crippen LogP contribution in [0.2, 0.25) is 0 Å². The van der Waals surface area contributed by atoms with E-state index in [9.17, 15) is 29.4 Å². The maximum absolute atomic E-state index is 13.3. The largest absolute Gasteiger partial charge is 0.480 e. The average Bonchev–Trinajstić information content (AvgIpc) is 3.52. The Bertz CT molecular complexity index is 1240. The van der Waals surface area contributed by atoms with Crippen molar-refractivity contribution in [1.82, 2.24) is 30.9 Å². The van der Waals surface area contributed by atoms with Gasteiger partial charge in [-0.05, 0) is 25.5 Å². The second-order valence-corrected chi connectivity index (χ2v) is 8.80. The first-order valence-electron chi connectivity index (χ1n) is 11.7. The van der Waals surface area contributed by atoms with Crippen molar-refractivity contribution >= 4 is 34.6 Å². The van der Waals surface area contributed by atoms with E-state index in [2.05, 4.69) is 30.9 Å². The third-order valence-electron chi connectivity index (χ3n) is 5.90. The number of rotatable bonds is 12. The van der Waals surface area contributed by atoms with Gasteiger partial charge in [0.15, 0.2) is 0 Å². The van der Waals surface area contributed by atoms with Crippen LogP contribution in [0.4, 0.5) is 0 Å². The van der Waals surface area contributed by atoms with Gasteiger partial charge in [0.25, 0.3) is 0 Å². The lowest BCUT2D eigenvalue weighted by Crippen LogP contribution is -2.58. The minimum Gasteiger partial charge on any atom is -0.480 e. The Morgan fingerprint density at radius 1 is 0.973 bits per heavy atom. The Hall–Kier alpha value is -4.23. The molecule has 0 saturated carbocycles. The fourth-order valence-electron chi connectivity index (χ4n) is 3.71. The molecule has 0 fully saturated rings. The predicted octanol–water partition coefficient (Wildman–Crippen LogP) is -1.06. The molecular weight excluding hydrogens is 482 g/mol. The Morgan fingerprint density at radius 2 is 1.68 bits per heavy atom. The highest BCUT2D eigenvalue weighted by molar-refractivity contribution is 5.94. The van der Waals surface area contributed by atoms with Crippen LogP contribution in [-0.2, 0) is 32.0 Å². The Kier molecular flexibility index (Phi) is 8.98. The normalized spacial score (nSPS) is 15.2. The Balaban J connectivity index is 1.79. The van der Waals surface area contributed by atoms with Crippen molar-refractivity contribution in [1.29, 1.82) is 0 Å². The highest BCUT2D eigenvalue weighted by Gasteiger charge is 2.30. The zero-order chi connectivity index (χ0) is 27.1. The maximum atomic E-state index is 13.3. The van der Waals surface area contributed by atoms with Gasteiger partial charge in [-0.15, -0.1) is 0 Å². The summed E-state index contributed by atoms with van der Waals surface area (Å²) in [6, 6.07) is 2.63. The smallest absolute Gasteiger partial charge is 0.326 e. The number of imidazole rings is 1. The van der Waals surface area contributed by atoms with Crippen LogP contribution in [0.1, 0.15) is 25.1 Å². The summed E-state index contributed by atoms with van der Waals surface area (Å²) in [4.78, 5) is 59.9. The third-order valence-corrected chi connectivity index (χ3v) is 5.90. The van der Waals surface area contributed by atoms with Crippen molar-refractivity contribution in [3.05, 3.63) is 54.2 Å². The maximum Gasteiger partial charge on any atom is 0.326 e. The second-order valence-electron chi connectivity index (χ2n) is 8.80. The van der Waals surface area contributed by atoms with Gasteiger partial charge in [0.05, 0.1) is 12.4 Å². The Morgan fingerprint density at radius 3 is 2.32 bits per heavy atom. The SMILES string of the molecule is CC(NC(=O)C(N)C(C)O)C(=O)NC(Cc1c[nH]c2ccccc12)C(=O)NC(Cc1cnc[nH]1)C(=O)O. The molecule has 0 spiro atoms. The molecule has 3 amide bonds. The molecule has 5 unspecified atom stereocenters. The first kappa shape index (κ1) is 27.4. The molecule has 0 aliphatic rings. The summed E-state index contributed by atoms with van der Waals surface area (Å²) < 4.78 is 0. The summed E-state index contributed by atoms with van der Waals surface area (Å²) in [7, 11) is 0. The molecular formula is C24H31N7O6. The minimum atomic E-state index is -1.28. The molecule has 5 atom stereocenters. The van der Waals surface area contributed by atoms with Gasteiger partial charge in [0.2, 0.25) is 17.7 Å². The van der Waals surface area contributed by atoms with Crippen molar-refractivity contribution in [2.75, 3.05) is 0 Å². The molecule has 0 radical (unpaired) electrons. The number of carbonyl (C=O) groups excluding carboxylic acids is 3. The van der Waals surface area contributed by atoms with Crippen molar-refractivity contribution in [2.24, 2.45) is 5.73 Å². The monoisotopic (exact) mass is 513 g/mol. The number of aliphatic carboxylic acids is 1. The number of para-hydroxylation sites is 1. The molecule has 1 aromatic carbocycles. The summed E-state index contributed by atoms with van der Waals surface area (Å²) in [5.41, 5.74) is 7.68. The van der Waals surface area contributed by atoms with Crippen molar-refractivity contribution in [3.8, 4) is 0 Å². The van der Waals surface area contributed by atoms with E-state index in [1.54, 1.807) is 6.20 Å². The molecule has 198 valence electrons. The quantitative estimate of drug-likeness (QED) is 0.149. The minimum absolute atomic E-state index is 0.0431. The summed E-state index contributed by atoms with van der Waals surface area (Å²) in [5.74, 6) is -3.40. The molecule has 13 nitrogen and oxygen atoms in total. The van der Waals surface area contributed by atoms with E-state index in [1.807, 2.05) is 24.3 Å². The number of carboxylic acids is 1. The van der Waals surface area contributed by atoms with Gasteiger partial charge in [0.1, 0.15) is 24.2 Å². The second kappa shape index (κ2) is 12.1. The molecule has 0 saturated heterocycles. The van der Waals surface area contributed by atoms with E-state index in [0.29, 0.717) is 5.69 Å². The summed E-state index contributed by atoms with van der Waals surface area (Å²) in [6.45, 7) is 2.75. The van der Waals surface area contributed by atoms with E-state index >= 15 is 0 Å².